The van der Waals surface area contributed by atoms with Gasteiger partial charge >= 0.3 is 0 Å². The largest absolute Gasteiger partial charge is 0.453 e. The Hall–Kier alpha value is -2.27. The molecule has 0 atom stereocenters. The number of carbonyl (C=O) groups is 1. The Labute approximate surface area is 137 Å². The van der Waals surface area contributed by atoms with Crippen molar-refractivity contribution in [3.63, 3.8) is 0 Å². The Balaban J connectivity index is 1.72. The standard InChI is InChI=1S/C18H24N2O3/c1-20(2)15-8-6-14(7-9-15)5-4-12-19-18(21)17-11-10-16(23-17)13-22-3/h6-11H,4-5,12-13H2,1-3H3,(H,19,21). The van der Waals surface area contributed by atoms with Crippen LogP contribution in [0.2, 0.25) is 0 Å². The molecule has 1 heterocycles. The third-order valence-corrected chi connectivity index (χ3v) is 3.55. The van der Waals surface area contributed by atoms with Crippen LogP contribution in [0.5, 0.6) is 0 Å². The van der Waals surface area contributed by atoms with E-state index in [0.717, 1.165) is 12.8 Å². The Kier molecular flexibility index (Phi) is 6.23. The van der Waals surface area contributed by atoms with Crippen molar-refractivity contribution in [3.05, 3.63) is 53.5 Å². The molecule has 0 aliphatic heterocycles. The summed E-state index contributed by atoms with van der Waals surface area (Å²) in [5.41, 5.74) is 2.46. The summed E-state index contributed by atoms with van der Waals surface area (Å²) in [7, 11) is 5.64. The third-order valence-electron chi connectivity index (χ3n) is 3.55. The van der Waals surface area contributed by atoms with E-state index < -0.39 is 0 Å². The fraction of sp³-hybridized carbons (Fsp3) is 0.389. The predicted octanol–water partition coefficient (Wildman–Crippen LogP) is 2.85. The topological polar surface area (TPSA) is 54.7 Å². The van der Waals surface area contributed by atoms with Gasteiger partial charge < -0.3 is 19.4 Å². The Morgan fingerprint density at radius 3 is 2.57 bits per heavy atom. The van der Waals surface area contributed by atoms with E-state index in [0.29, 0.717) is 24.7 Å². The average molecular weight is 316 g/mol. The van der Waals surface area contributed by atoms with E-state index in [2.05, 4.69) is 34.5 Å². The van der Waals surface area contributed by atoms with Gasteiger partial charge in [0.1, 0.15) is 12.4 Å². The van der Waals surface area contributed by atoms with Gasteiger partial charge in [-0.2, -0.15) is 0 Å². The number of hydrogen-bond donors (Lipinski definition) is 1. The summed E-state index contributed by atoms with van der Waals surface area (Å²) >= 11 is 0. The molecule has 1 aromatic heterocycles. The monoisotopic (exact) mass is 316 g/mol. The Morgan fingerprint density at radius 2 is 1.91 bits per heavy atom. The van der Waals surface area contributed by atoms with Crippen molar-refractivity contribution >= 4 is 11.6 Å². The van der Waals surface area contributed by atoms with Crippen molar-refractivity contribution in [2.24, 2.45) is 0 Å². The maximum Gasteiger partial charge on any atom is 0.286 e. The lowest BCUT2D eigenvalue weighted by Crippen LogP contribution is -2.24. The van der Waals surface area contributed by atoms with Crippen molar-refractivity contribution in [2.75, 3.05) is 32.6 Å². The highest BCUT2D eigenvalue weighted by atomic mass is 16.5. The highest BCUT2D eigenvalue weighted by Crippen LogP contribution is 2.13. The first kappa shape index (κ1) is 17.1. The smallest absolute Gasteiger partial charge is 0.286 e. The van der Waals surface area contributed by atoms with Crippen LogP contribution in [0.1, 0.15) is 28.3 Å². The molecular formula is C18H24N2O3. The van der Waals surface area contributed by atoms with Gasteiger partial charge in [-0.1, -0.05) is 12.1 Å². The summed E-state index contributed by atoms with van der Waals surface area (Å²) in [4.78, 5) is 14.0. The van der Waals surface area contributed by atoms with Gasteiger partial charge in [0.05, 0.1) is 0 Å². The minimum Gasteiger partial charge on any atom is -0.453 e. The van der Waals surface area contributed by atoms with Gasteiger partial charge in [-0.05, 0) is 42.7 Å². The lowest BCUT2D eigenvalue weighted by Gasteiger charge is -2.12. The van der Waals surface area contributed by atoms with Crippen molar-refractivity contribution in [1.82, 2.24) is 5.32 Å². The molecule has 0 aliphatic carbocycles. The van der Waals surface area contributed by atoms with Crippen LogP contribution in [0.25, 0.3) is 0 Å². The first-order valence-corrected chi connectivity index (χ1v) is 7.72. The molecule has 5 nitrogen and oxygen atoms in total. The number of furan rings is 1. The molecule has 0 fully saturated rings. The number of hydrogen-bond acceptors (Lipinski definition) is 4. The maximum atomic E-state index is 11.9. The molecule has 1 amide bonds. The molecule has 0 unspecified atom stereocenters. The quantitative estimate of drug-likeness (QED) is 0.761. The fourth-order valence-electron chi connectivity index (χ4n) is 2.26. The molecule has 1 N–H and O–H groups in total. The number of amides is 1. The molecule has 124 valence electrons. The van der Waals surface area contributed by atoms with Crippen molar-refractivity contribution in [2.45, 2.75) is 19.4 Å². The lowest BCUT2D eigenvalue weighted by atomic mass is 10.1. The predicted molar refractivity (Wildman–Crippen MR) is 90.8 cm³/mol. The van der Waals surface area contributed by atoms with Gasteiger partial charge in [-0.15, -0.1) is 0 Å². The average Bonchev–Trinajstić information content (AvgIpc) is 3.01. The number of carbonyl (C=O) groups excluding carboxylic acids is 1. The lowest BCUT2D eigenvalue weighted by molar-refractivity contribution is 0.0917. The minimum absolute atomic E-state index is 0.185. The van der Waals surface area contributed by atoms with E-state index in [1.807, 2.05) is 14.1 Å². The normalized spacial score (nSPS) is 10.6. The summed E-state index contributed by atoms with van der Waals surface area (Å²) in [6, 6.07) is 11.9. The molecule has 0 saturated carbocycles. The fourth-order valence-corrected chi connectivity index (χ4v) is 2.26. The highest BCUT2D eigenvalue weighted by Gasteiger charge is 2.10. The number of nitrogens with one attached hydrogen (secondary N) is 1. The third kappa shape index (κ3) is 5.14. The molecule has 0 radical (unpaired) electrons. The van der Waals surface area contributed by atoms with Crippen molar-refractivity contribution in [3.8, 4) is 0 Å². The maximum absolute atomic E-state index is 11.9. The number of methoxy groups -OCH3 is 1. The molecular weight excluding hydrogens is 292 g/mol. The van der Waals surface area contributed by atoms with Gasteiger partial charge in [0.2, 0.25) is 0 Å². The van der Waals surface area contributed by atoms with Crippen LogP contribution in [0.15, 0.2) is 40.8 Å². The van der Waals surface area contributed by atoms with Gasteiger partial charge in [0.15, 0.2) is 5.76 Å². The van der Waals surface area contributed by atoms with Crippen LogP contribution in [-0.4, -0.2) is 33.7 Å². The number of benzene rings is 1. The van der Waals surface area contributed by atoms with E-state index in [4.69, 9.17) is 9.15 Å². The molecule has 2 aromatic rings. The summed E-state index contributed by atoms with van der Waals surface area (Å²) < 4.78 is 10.4. The number of nitrogens with zero attached hydrogens (tertiary/aromatic N) is 1. The zero-order valence-electron chi connectivity index (χ0n) is 14.0. The SMILES string of the molecule is COCc1ccc(C(=O)NCCCc2ccc(N(C)C)cc2)o1. The van der Waals surface area contributed by atoms with Crippen LogP contribution in [0, 0.1) is 0 Å². The van der Waals surface area contributed by atoms with Gasteiger partial charge in [0, 0.05) is 33.4 Å². The summed E-state index contributed by atoms with van der Waals surface area (Å²) in [6.07, 6.45) is 1.82. The zero-order chi connectivity index (χ0) is 16.7. The van der Waals surface area contributed by atoms with Gasteiger partial charge in [-0.3, -0.25) is 4.79 Å². The molecule has 1 aromatic carbocycles. The number of anilines is 1. The summed E-state index contributed by atoms with van der Waals surface area (Å²) in [5.74, 6) is 0.793. The molecule has 2 rings (SSSR count). The molecule has 23 heavy (non-hydrogen) atoms. The van der Waals surface area contributed by atoms with Gasteiger partial charge in [0.25, 0.3) is 5.91 Å². The first-order chi connectivity index (χ1) is 11.1. The highest BCUT2D eigenvalue weighted by molar-refractivity contribution is 5.91. The molecule has 0 bridgehead atoms. The molecule has 0 spiro atoms. The van der Waals surface area contributed by atoms with Crippen LogP contribution >= 0.6 is 0 Å². The molecule has 0 aliphatic rings. The summed E-state index contributed by atoms with van der Waals surface area (Å²) in [6.45, 7) is 0.991. The number of ether oxygens (including phenoxy) is 1. The van der Waals surface area contributed by atoms with E-state index in [-0.39, 0.29) is 5.91 Å². The molecule has 5 heteroatoms. The minimum atomic E-state index is -0.185. The number of aryl methyl sites for hydroxylation is 1. The van der Waals surface area contributed by atoms with Crippen LogP contribution in [0.4, 0.5) is 5.69 Å². The van der Waals surface area contributed by atoms with Crippen LogP contribution < -0.4 is 10.2 Å². The second-order valence-electron chi connectivity index (χ2n) is 5.62. The van der Waals surface area contributed by atoms with E-state index in [1.165, 1.54) is 11.3 Å². The first-order valence-electron chi connectivity index (χ1n) is 7.72. The van der Waals surface area contributed by atoms with Crippen molar-refractivity contribution < 1.29 is 13.9 Å². The van der Waals surface area contributed by atoms with Crippen molar-refractivity contribution in [1.29, 1.82) is 0 Å². The number of rotatable bonds is 8. The van der Waals surface area contributed by atoms with E-state index in [1.54, 1.807) is 19.2 Å². The second kappa shape index (κ2) is 8.39. The van der Waals surface area contributed by atoms with Crippen LogP contribution in [-0.2, 0) is 17.8 Å². The van der Waals surface area contributed by atoms with E-state index >= 15 is 0 Å². The van der Waals surface area contributed by atoms with Crippen LogP contribution in [0.3, 0.4) is 0 Å². The second-order valence-corrected chi connectivity index (χ2v) is 5.62. The van der Waals surface area contributed by atoms with Gasteiger partial charge in [-0.25, -0.2) is 0 Å². The molecule has 0 saturated heterocycles. The summed E-state index contributed by atoms with van der Waals surface area (Å²) in [5, 5.41) is 2.87. The Morgan fingerprint density at radius 1 is 1.17 bits per heavy atom. The zero-order valence-corrected chi connectivity index (χ0v) is 14.0. The Bertz CT molecular complexity index is 617. The van der Waals surface area contributed by atoms with E-state index in [9.17, 15) is 4.79 Å².